The number of nitro groups is 1. The van der Waals surface area contributed by atoms with Gasteiger partial charge in [-0.3, -0.25) is 20.2 Å². The van der Waals surface area contributed by atoms with Crippen molar-refractivity contribution in [3.8, 4) is 0 Å². The summed E-state index contributed by atoms with van der Waals surface area (Å²) in [5, 5.41) is 27.6. The van der Waals surface area contributed by atoms with Gasteiger partial charge in [0.25, 0.3) is 11.6 Å². The third-order valence-corrected chi connectivity index (χ3v) is 6.10. The van der Waals surface area contributed by atoms with Gasteiger partial charge in [0.2, 0.25) is 5.16 Å². The molecular weight excluding hydrogens is 454 g/mol. The van der Waals surface area contributed by atoms with E-state index in [9.17, 15) is 24.5 Å². The number of ether oxygens (including phenoxy) is 1. The number of carbonyl (C=O) groups excluding carboxylic acids is 3. The number of esters is 1. The topological polar surface area (TPSA) is 171 Å². The molecule has 13 nitrogen and oxygen atoms in total. The van der Waals surface area contributed by atoms with Crippen LogP contribution >= 0.6 is 11.8 Å². The number of nitrogens with zero attached hydrogens (tertiary/aromatic N) is 5. The molecule has 176 valence electrons. The van der Waals surface area contributed by atoms with Crippen molar-refractivity contribution in [2.45, 2.75) is 61.2 Å². The molecule has 2 aromatic rings. The normalized spacial score (nSPS) is 14.8. The second kappa shape index (κ2) is 10.8. The number of aryl methyl sites for hydroxylation is 1. The number of hydrogen-bond acceptors (Lipinski definition) is 10. The van der Waals surface area contributed by atoms with Gasteiger partial charge in [0.05, 0.1) is 15.4 Å². The number of urea groups is 1. The van der Waals surface area contributed by atoms with Gasteiger partial charge in [-0.25, -0.2) is 14.3 Å². The van der Waals surface area contributed by atoms with Crippen LogP contribution in [-0.2, 0) is 16.6 Å². The molecule has 3 rings (SSSR count). The third kappa shape index (κ3) is 6.47. The lowest BCUT2D eigenvalue weighted by atomic mass is 9.96. The molecule has 1 aliphatic rings. The molecule has 0 bridgehead atoms. The van der Waals surface area contributed by atoms with Crippen LogP contribution < -0.4 is 10.6 Å². The zero-order chi connectivity index (χ0) is 24.0. The van der Waals surface area contributed by atoms with Gasteiger partial charge in [-0.05, 0) is 54.1 Å². The maximum absolute atomic E-state index is 12.5. The van der Waals surface area contributed by atoms with Gasteiger partial charge in [0, 0.05) is 19.2 Å². The highest BCUT2D eigenvalue weighted by Crippen LogP contribution is 2.34. The van der Waals surface area contributed by atoms with Gasteiger partial charge in [-0.15, -0.1) is 5.10 Å². The van der Waals surface area contributed by atoms with Gasteiger partial charge in [0.15, 0.2) is 6.10 Å². The summed E-state index contributed by atoms with van der Waals surface area (Å²) in [4.78, 5) is 47.8. The molecule has 0 aliphatic heterocycles. The lowest BCUT2D eigenvalue weighted by Crippen LogP contribution is -2.48. The number of nitro benzene ring substituents is 1. The highest BCUT2D eigenvalue weighted by Gasteiger charge is 2.25. The van der Waals surface area contributed by atoms with E-state index in [1.54, 1.807) is 7.05 Å². The van der Waals surface area contributed by atoms with E-state index in [0.29, 0.717) is 5.16 Å². The second-order valence-corrected chi connectivity index (χ2v) is 8.48. The van der Waals surface area contributed by atoms with E-state index in [1.165, 1.54) is 23.7 Å². The first-order valence-corrected chi connectivity index (χ1v) is 11.1. The minimum atomic E-state index is -1.28. The fourth-order valence-electron chi connectivity index (χ4n) is 3.24. The van der Waals surface area contributed by atoms with Gasteiger partial charge in [-0.1, -0.05) is 19.3 Å². The van der Waals surface area contributed by atoms with Gasteiger partial charge < -0.3 is 10.1 Å². The third-order valence-electron chi connectivity index (χ3n) is 5.00. The SMILES string of the molecule is C[C@H](OC(=O)c1ccc(Sc2nnnn2C)c([N+](=O)[O-])c1)C(=O)NC(=O)NC1CCCCC1. The standard InChI is InChI=1S/C19H23N7O6S/c1-11(16(27)21-18(29)20-13-6-4-3-5-7-13)32-17(28)12-8-9-15(14(10-12)26(30)31)33-19-22-23-24-25(19)2/h8-11,13H,3-7H2,1-2H3,(H2,20,21,27,29)/t11-/m0/s1. The van der Waals surface area contributed by atoms with Gasteiger partial charge in [0.1, 0.15) is 0 Å². The molecule has 1 saturated carbocycles. The van der Waals surface area contributed by atoms with Crippen LogP contribution in [0.3, 0.4) is 0 Å². The Morgan fingerprint density at radius 3 is 2.64 bits per heavy atom. The number of amides is 3. The number of imide groups is 1. The summed E-state index contributed by atoms with van der Waals surface area (Å²) in [5.41, 5.74) is -0.463. The Hall–Kier alpha value is -3.55. The van der Waals surface area contributed by atoms with Crippen LogP contribution in [-0.4, -0.2) is 55.2 Å². The summed E-state index contributed by atoms with van der Waals surface area (Å²) in [6, 6.07) is 3.12. The van der Waals surface area contributed by atoms with Crippen LogP contribution in [0.4, 0.5) is 10.5 Å². The molecule has 1 aliphatic carbocycles. The van der Waals surface area contributed by atoms with Crippen molar-refractivity contribution in [3.63, 3.8) is 0 Å². The van der Waals surface area contributed by atoms with E-state index < -0.39 is 28.9 Å². The number of hydrogen-bond donors (Lipinski definition) is 2. The Morgan fingerprint density at radius 1 is 1.27 bits per heavy atom. The minimum absolute atomic E-state index is 0.0127. The van der Waals surface area contributed by atoms with Crippen molar-refractivity contribution < 1.29 is 24.0 Å². The zero-order valence-electron chi connectivity index (χ0n) is 18.0. The minimum Gasteiger partial charge on any atom is -0.449 e. The summed E-state index contributed by atoms with van der Waals surface area (Å²) in [7, 11) is 1.59. The summed E-state index contributed by atoms with van der Waals surface area (Å²) in [5.74, 6) is -1.74. The maximum atomic E-state index is 12.5. The molecule has 2 N–H and O–H groups in total. The molecular formula is C19H23N7O6S. The van der Waals surface area contributed by atoms with E-state index >= 15 is 0 Å². The Morgan fingerprint density at radius 2 is 2.00 bits per heavy atom. The fraction of sp³-hybridized carbons (Fsp3) is 0.474. The lowest BCUT2D eigenvalue weighted by Gasteiger charge is -2.23. The molecule has 0 unspecified atom stereocenters. The van der Waals surface area contributed by atoms with Crippen LogP contribution in [0.25, 0.3) is 0 Å². The summed E-state index contributed by atoms with van der Waals surface area (Å²) >= 11 is 0.960. The van der Waals surface area contributed by atoms with E-state index in [-0.39, 0.29) is 22.2 Å². The van der Waals surface area contributed by atoms with Crippen molar-refractivity contribution in [2.75, 3.05) is 0 Å². The summed E-state index contributed by atoms with van der Waals surface area (Å²) < 4.78 is 6.44. The lowest BCUT2D eigenvalue weighted by molar-refractivity contribution is -0.387. The molecule has 1 atom stereocenters. The first-order valence-electron chi connectivity index (χ1n) is 10.3. The molecule has 0 radical (unpaired) electrons. The zero-order valence-corrected chi connectivity index (χ0v) is 18.8. The molecule has 1 fully saturated rings. The predicted molar refractivity (Wildman–Crippen MR) is 114 cm³/mol. The van der Waals surface area contributed by atoms with Gasteiger partial charge in [-0.2, -0.15) is 0 Å². The van der Waals surface area contributed by atoms with Gasteiger partial charge >= 0.3 is 12.0 Å². The quantitative estimate of drug-likeness (QED) is 0.341. The van der Waals surface area contributed by atoms with Crippen molar-refractivity contribution >= 4 is 35.4 Å². The molecule has 1 heterocycles. The van der Waals surface area contributed by atoms with E-state index in [2.05, 4.69) is 26.2 Å². The van der Waals surface area contributed by atoms with Crippen LogP contribution in [0.5, 0.6) is 0 Å². The van der Waals surface area contributed by atoms with Crippen molar-refractivity contribution in [3.05, 3.63) is 33.9 Å². The molecule has 0 saturated heterocycles. The first-order chi connectivity index (χ1) is 15.7. The number of aromatic nitrogens is 4. The molecule has 14 heteroatoms. The molecule has 3 amide bonds. The number of benzene rings is 1. The Kier molecular flexibility index (Phi) is 7.92. The Balaban J connectivity index is 1.60. The largest absolute Gasteiger partial charge is 0.449 e. The number of nitrogens with one attached hydrogen (secondary N) is 2. The van der Waals surface area contributed by atoms with E-state index in [1.807, 2.05) is 0 Å². The van der Waals surface area contributed by atoms with E-state index in [0.717, 1.165) is 49.9 Å². The maximum Gasteiger partial charge on any atom is 0.339 e. The number of rotatable bonds is 7. The van der Waals surface area contributed by atoms with Crippen LogP contribution in [0.1, 0.15) is 49.4 Å². The number of carbonyl (C=O) groups is 3. The Bertz CT molecular complexity index is 1050. The van der Waals surface area contributed by atoms with Crippen molar-refractivity contribution in [1.29, 1.82) is 0 Å². The fourth-order valence-corrected chi connectivity index (χ4v) is 4.06. The van der Waals surface area contributed by atoms with Crippen LogP contribution in [0.2, 0.25) is 0 Å². The molecule has 33 heavy (non-hydrogen) atoms. The second-order valence-electron chi connectivity index (χ2n) is 7.47. The monoisotopic (exact) mass is 477 g/mol. The molecule has 1 aromatic carbocycles. The summed E-state index contributed by atoms with van der Waals surface area (Å²) in [6.07, 6.45) is 3.59. The smallest absolute Gasteiger partial charge is 0.339 e. The Labute approximate surface area is 192 Å². The average Bonchev–Trinajstić information content (AvgIpc) is 3.18. The predicted octanol–water partition coefficient (Wildman–Crippen LogP) is 1.97. The van der Waals surface area contributed by atoms with E-state index in [4.69, 9.17) is 4.74 Å². The van der Waals surface area contributed by atoms with Crippen LogP contribution in [0, 0.1) is 10.1 Å². The summed E-state index contributed by atoms with van der Waals surface area (Å²) in [6.45, 7) is 1.31. The number of tetrazole rings is 1. The molecule has 0 spiro atoms. The molecule has 1 aromatic heterocycles. The van der Waals surface area contributed by atoms with Crippen molar-refractivity contribution in [2.24, 2.45) is 7.05 Å². The first kappa shape index (κ1) is 24.1. The average molecular weight is 478 g/mol. The van der Waals surface area contributed by atoms with Crippen molar-refractivity contribution in [1.82, 2.24) is 30.8 Å². The highest BCUT2D eigenvalue weighted by molar-refractivity contribution is 7.99. The van der Waals surface area contributed by atoms with Crippen LogP contribution in [0.15, 0.2) is 28.3 Å². The highest BCUT2D eigenvalue weighted by atomic mass is 32.2.